The van der Waals surface area contributed by atoms with Gasteiger partial charge in [0.15, 0.2) is 0 Å². The van der Waals surface area contributed by atoms with Gasteiger partial charge in [0.05, 0.1) is 0 Å². The average molecular weight is 317 g/mol. The van der Waals surface area contributed by atoms with Crippen LogP contribution in [0.4, 0.5) is 5.69 Å². The van der Waals surface area contributed by atoms with Crippen LogP contribution in [0, 0.1) is 0 Å². The lowest BCUT2D eigenvalue weighted by Gasteiger charge is -2.11. The Bertz CT molecular complexity index is 670. The Balaban J connectivity index is 0.00000176. The Hall–Kier alpha value is -1.84. The second-order valence-corrected chi connectivity index (χ2v) is 5.45. The number of carbonyl (C=O) groups excluding carboxylic acids is 1. The number of halogens is 1. The van der Waals surface area contributed by atoms with E-state index in [1.54, 1.807) is 0 Å². The molecule has 3 nitrogen and oxygen atoms in total. The minimum atomic E-state index is -0.0340. The summed E-state index contributed by atoms with van der Waals surface area (Å²) in [5.74, 6) is -0.0340. The second-order valence-electron chi connectivity index (χ2n) is 5.45. The van der Waals surface area contributed by atoms with Crippen molar-refractivity contribution in [3.05, 3.63) is 64.7 Å². The van der Waals surface area contributed by atoms with Crippen LogP contribution in [0.5, 0.6) is 0 Å². The highest BCUT2D eigenvalue weighted by Crippen LogP contribution is 2.20. The summed E-state index contributed by atoms with van der Waals surface area (Å²) < 4.78 is 0. The number of anilines is 1. The van der Waals surface area contributed by atoms with E-state index in [1.807, 2.05) is 36.4 Å². The van der Waals surface area contributed by atoms with Crippen LogP contribution >= 0.6 is 12.4 Å². The molecule has 0 unspecified atom stereocenters. The fraction of sp³-hybridized carbons (Fsp3) is 0.278. The topological polar surface area (TPSA) is 41.1 Å². The predicted octanol–water partition coefficient (Wildman–Crippen LogP) is 3.92. The molecule has 116 valence electrons. The van der Waals surface area contributed by atoms with Crippen molar-refractivity contribution in [1.82, 2.24) is 5.32 Å². The molecule has 0 bridgehead atoms. The van der Waals surface area contributed by atoms with Crippen LogP contribution in [0.2, 0.25) is 0 Å². The summed E-state index contributed by atoms with van der Waals surface area (Å²) >= 11 is 0. The number of para-hydroxylation sites is 1. The van der Waals surface area contributed by atoms with Crippen molar-refractivity contribution >= 4 is 24.0 Å². The molecule has 2 aromatic carbocycles. The third-order valence-corrected chi connectivity index (χ3v) is 3.88. The summed E-state index contributed by atoms with van der Waals surface area (Å²) in [5.41, 5.74) is 5.35. The number of hydrogen-bond acceptors (Lipinski definition) is 2. The molecule has 0 radical (unpaired) electrons. The van der Waals surface area contributed by atoms with E-state index < -0.39 is 0 Å². The lowest BCUT2D eigenvalue weighted by atomic mass is 10.0. The van der Waals surface area contributed by atoms with Crippen molar-refractivity contribution in [2.45, 2.75) is 32.9 Å². The van der Waals surface area contributed by atoms with Gasteiger partial charge in [-0.15, -0.1) is 12.4 Å². The van der Waals surface area contributed by atoms with E-state index >= 15 is 0 Å². The minimum Gasteiger partial charge on any atom is -0.322 e. The van der Waals surface area contributed by atoms with Gasteiger partial charge in [0.25, 0.3) is 5.91 Å². The molecule has 0 saturated carbocycles. The quantitative estimate of drug-likeness (QED) is 0.897. The zero-order chi connectivity index (χ0) is 14.7. The number of rotatable bonds is 4. The highest BCUT2D eigenvalue weighted by Gasteiger charge is 2.14. The summed E-state index contributed by atoms with van der Waals surface area (Å²) in [6.07, 6.45) is 2.04. The maximum absolute atomic E-state index is 12.4. The normalized spacial score (nSPS) is 12.4. The third kappa shape index (κ3) is 3.49. The van der Waals surface area contributed by atoms with Crippen LogP contribution in [0.3, 0.4) is 0 Å². The fourth-order valence-electron chi connectivity index (χ4n) is 2.76. The Morgan fingerprint density at radius 3 is 2.73 bits per heavy atom. The molecule has 0 aromatic heterocycles. The van der Waals surface area contributed by atoms with Gasteiger partial charge >= 0.3 is 0 Å². The van der Waals surface area contributed by atoms with E-state index in [0.717, 1.165) is 37.2 Å². The summed E-state index contributed by atoms with van der Waals surface area (Å²) in [6, 6.07) is 14.0. The Morgan fingerprint density at radius 2 is 1.91 bits per heavy atom. The summed E-state index contributed by atoms with van der Waals surface area (Å²) in [5, 5.41) is 6.34. The molecule has 0 aliphatic carbocycles. The van der Waals surface area contributed by atoms with Crippen molar-refractivity contribution in [2.24, 2.45) is 0 Å². The molecule has 1 aliphatic rings. The molecular weight excluding hydrogens is 296 g/mol. The highest BCUT2D eigenvalue weighted by atomic mass is 35.5. The lowest BCUT2D eigenvalue weighted by Crippen LogP contribution is -2.13. The number of hydrogen-bond donors (Lipinski definition) is 2. The molecule has 0 spiro atoms. The number of amides is 1. The van der Waals surface area contributed by atoms with Gasteiger partial charge in [-0.25, -0.2) is 0 Å². The largest absolute Gasteiger partial charge is 0.322 e. The summed E-state index contributed by atoms with van der Waals surface area (Å²) in [4.78, 5) is 12.4. The first-order valence-corrected chi connectivity index (χ1v) is 7.49. The molecule has 4 heteroatoms. The maximum atomic E-state index is 12.4. The average Bonchev–Trinajstić information content (AvgIpc) is 2.97. The fourth-order valence-corrected chi connectivity index (χ4v) is 2.76. The highest BCUT2D eigenvalue weighted by molar-refractivity contribution is 6.04. The summed E-state index contributed by atoms with van der Waals surface area (Å²) in [7, 11) is 0. The standard InChI is InChI=1S/C18H20N2O.ClH/c1-2-5-13-6-3-4-7-17(13)20-18(21)14-8-9-15-11-19-12-16(15)10-14;/h3-4,6-10,19H,2,5,11-12H2,1H3,(H,20,21);1H. The van der Waals surface area contributed by atoms with Crippen LogP contribution in [0.15, 0.2) is 42.5 Å². The van der Waals surface area contributed by atoms with Crippen molar-refractivity contribution in [3.8, 4) is 0 Å². The van der Waals surface area contributed by atoms with Crippen LogP contribution in [0.1, 0.15) is 40.4 Å². The van der Waals surface area contributed by atoms with Crippen LogP contribution in [0.25, 0.3) is 0 Å². The van der Waals surface area contributed by atoms with E-state index in [1.165, 1.54) is 16.7 Å². The molecule has 1 heterocycles. The first-order chi connectivity index (χ1) is 10.3. The van der Waals surface area contributed by atoms with E-state index in [2.05, 4.69) is 23.6 Å². The molecule has 3 rings (SSSR count). The van der Waals surface area contributed by atoms with Crippen LogP contribution in [-0.2, 0) is 19.5 Å². The van der Waals surface area contributed by atoms with Crippen molar-refractivity contribution < 1.29 is 4.79 Å². The van der Waals surface area contributed by atoms with E-state index in [0.29, 0.717) is 0 Å². The van der Waals surface area contributed by atoms with Crippen molar-refractivity contribution in [3.63, 3.8) is 0 Å². The predicted molar refractivity (Wildman–Crippen MR) is 92.6 cm³/mol. The lowest BCUT2D eigenvalue weighted by molar-refractivity contribution is 0.102. The molecular formula is C18H21ClN2O. The molecule has 0 atom stereocenters. The van der Waals surface area contributed by atoms with Gasteiger partial charge in [0, 0.05) is 24.3 Å². The van der Waals surface area contributed by atoms with Crippen LogP contribution < -0.4 is 10.6 Å². The molecule has 1 amide bonds. The second kappa shape index (κ2) is 7.43. The Kier molecular flexibility index (Phi) is 5.58. The third-order valence-electron chi connectivity index (χ3n) is 3.88. The summed E-state index contributed by atoms with van der Waals surface area (Å²) in [6.45, 7) is 3.89. The number of nitrogens with one attached hydrogen (secondary N) is 2. The van der Waals surface area contributed by atoms with Crippen LogP contribution in [-0.4, -0.2) is 5.91 Å². The van der Waals surface area contributed by atoms with Gasteiger partial charge in [0.1, 0.15) is 0 Å². The Morgan fingerprint density at radius 1 is 1.14 bits per heavy atom. The zero-order valence-electron chi connectivity index (χ0n) is 12.7. The molecule has 22 heavy (non-hydrogen) atoms. The van der Waals surface area contributed by atoms with E-state index in [9.17, 15) is 4.79 Å². The molecule has 0 fully saturated rings. The number of aryl methyl sites for hydroxylation is 1. The molecule has 1 aliphatic heterocycles. The minimum absolute atomic E-state index is 0. The molecule has 2 N–H and O–H groups in total. The first kappa shape index (κ1) is 16.5. The smallest absolute Gasteiger partial charge is 0.255 e. The first-order valence-electron chi connectivity index (χ1n) is 7.49. The van der Waals surface area contributed by atoms with E-state index in [-0.39, 0.29) is 18.3 Å². The van der Waals surface area contributed by atoms with Gasteiger partial charge < -0.3 is 10.6 Å². The van der Waals surface area contributed by atoms with E-state index in [4.69, 9.17) is 0 Å². The molecule has 2 aromatic rings. The monoisotopic (exact) mass is 316 g/mol. The molecule has 0 saturated heterocycles. The maximum Gasteiger partial charge on any atom is 0.255 e. The zero-order valence-corrected chi connectivity index (χ0v) is 13.5. The van der Waals surface area contributed by atoms with Crippen molar-refractivity contribution in [1.29, 1.82) is 0 Å². The van der Waals surface area contributed by atoms with Gasteiger partial charge in [0.2, 0.25) is 0 Å². The van der Waals surface area contributed by atoms with Gasteiger partial charge in [-0.05, 0) is 41.3 Å². The SMILES string of the molecule is CCCc1ccccc1NC(=O)c1ccc2c(c1)CNC2.Cl. The number of carbonyl (C=O) groups is 1. The number of benzene rings is 2. The van der Waals surface area contributed by atoms with Gasteiger partial charge in [-0.2, -0.15) is 0 Å². The van der Waals surface area contributed by atoms with Crippen molar-refractivity contribution in [2.75, 3.05) is 5.32 Å². The Labute approximate surface area is 137 Å². The van der Waals surface area contributed by atoms with Gasteiger partial charge in [-0.3, -0.25) is 4.79 Å². The van der Waals surface area contributed by atoms with Gasteiger partial charge in [-0.1, -0.05) is 37.6 Å². The number of fused-ring (bicyclic) bond motifs is 1.